The van der Waals surface area contributed by atoms with Crippen LogP contribution < -0.4 is 10.9 Å². The number of likely N-dealkylation sites (tertiary alicyclic amines) is 1. The molecule has 1 aliphatic heterocycles. The van der Waals surface area contributed by atoms with E-state index in [1.54, 1.807) is 19.2 Å². The Morgan fingerprint density at radius 2 is 1.86 bits per heavy atom. The summed E-state index contributed by atoms with van der Waals surface area (Å²) in [5.74, 6) is -0.301. The zero-order valence-electron chi connectivity index (χ0n) is 17.4. The maximum Gasteiger partial charge on any atom is 0.263 e. The molecule has 0 spiro atoms. The standard InChI is InChI=1S/C23H29N3O3/c1-16-15-17(2)25(3)22(28)20(16)23(29)26-14-8-7-11-19(26)12-13-24-21(27)18-9-5-4-6-10-18/h4-6,9-10,15,19H,7-8,11-14H2,1-3H3,(H,24,27)/t19-/m0/s1. The van der Waals surface area contributed by atoms with Crippen molar-refractivity contribution in [1.29, 1.82) is 0 Å². The maximum absolute atomic E-state index is 13.3. The summed E-state index contributed by atoms with van der Waals surface area (Å²) in [5, 5.41) is 2.94. The molecule has 2 amide bonds. The second-order valence-corrected chi connectivity index (χ2v) is 7.77. The van der Waals surface area contributed by atoms with Crippen molar-refractivity contribution in [3.63, 3.8) is 0 Å². The van der Waals surface area contributed by atoms with Gasteiger partial charge in [-0.05, 0) is 63.3 Å². The van der Waals surface area contributed by atoms with E-state index in [9.17, 15) is 14.4 Å². The van der Waals surface area contributed by atoms with Crippen LogP contribution in [-0.4, -0.2) is 40.4 Å². The number of amides is 2. The predicted octanol–water partition coefficient (Wildman–Crippen LogP) is 2.82. The number of aryl methyl sites for hydroxylation is 2. The average Bonchev–Trinajstić information content (AvgIpc) is 2.73. The fourth-order valence-electron chi connectivity index (χ4n) is 3.99. The van der Waals surface area contributed by atoms with Gasteiger partial charge in [-0.2, -0.15) is 0 Å². The predicted molar refractivity (Wildman–Crippen MR) is 113 cm³/mol. The summed E-state index contributed by atoms with van der Waals surface area (Å²) < 4.78 is 1.53. The number of rotatable bonds is 5. The summed E-state index contributed by atoms with van der Waals surface area (Å²) in [6, 6.07) is 11.0. The Bertz CT molecular complexity index is 950. The first-order chi connectivity index (χ1) is 13.9. The first-order valence-electron chi connectivity index (χ1n) is 10.2. The quantitative estimate of drug-likeness (QED) is 0.846. The molecule has 6 heteroatoms. The molecule has 1 fully saturated rings. The van der Waals surface area contributed by atoms with Gasteiger partial charge in [-0.15, -0.1) is 0 Å². The van der Waals surface area contributed by atoms with Crippen LogP contribution in [0.4, 0.5) is 0 Å². The van der Waals surface area contributed by atoms with Crippen molar-refractivity contribution in [2.45, 2.75) is 45.6 Å². The van der Waals surface area contributed by atoms with E-state index in [1.807, 2.05) is 43.0 Å². The van der Waals surface area contributed by atoms with Gasteiger partial charge in [-0.1, -0.05) is 18.2 Å². The highest BCUT2D eigenvalue weighted by Gasteiger charge is 2.30. The van der Waals surface area contributed by atoms with Crippen molar-refractivity contribution in [1.82, 2.24) is 14.8 Å². The van der Waals surface area contributed by atoms with Gasteiger partial charge in [0, 0.05) is 37.4 Å². The van der Waals surface area contributed by atoms with Crippen LogP contribution in [0.1, 0.15) is 57.7 Å². The van der Waals surface area contributed by atoms with Crippen LogP contribution in [-0.2, 0) is 7.05 Å². The monoisotopic (exact) mass is 395 g/mol. The fraction of sp³-hybridized carbons (Fsp3) is 0.435. The molecule has 1 saturated heterocycles. The van der Waals surface area contributed by atoms with Crippen molar-refractivity contribution in [2.75, 3.05) is 13.1 Å². The maximum atomic E-state index is 13.3. The minimum atomic E-state index is -0.241. The van der Waals surface area contributed by atoms with Crippen LogP contribution in [0.3, 0.4) is 0 Å². The van der Waals surface area contributed by atoms with E-state index in [2.05, 4.69) is 5.32 Å². The van der Waals surface area contributed by atoms with Crippen molar-refractivity contribution in [2.24, 2.45) is 7.05 Å². The molecule has 154 valence electrons. The summed E-state index contributed by atoms with van der Waals surface area (Å²) in [7, 11) is 1.70. The molecule has 6 nitrogen and oxygen atoms in total. The summed E-state index contributed by atoms with van der Waals surface area (Å²) >= 11 is 0. The first kappa shape index (κ1) is 20.8. The van der Waals surface area contributed by atoms with Crippen LogP contribution in [0.2, 0.25) is 0 Å². The SMILES string of the molecule is Cc1cc(C)n(C)c(=O)c1C(=O)N1CCCC[C@H]1CCNC(=O)c1ccccc1. The third-order valence-corrected chi connectivity index (χ3v) is 5.77. The fourth-order valence-corrected chi connectivity index (χ4v) is 3.99. The van der Waals surface area contributed by atoms with Gasteiger partial charge in [-0.3, -0.25) is 14.4 Å². The van der Waals surface area contributed by atoms with Crippen LogP contribution in [0, 0.1) is 13.8 Å². The van der Waals surface area contributed by atoms with Crippen LogP contribution in [0.15, 0.2) is 41.2 Å². The van der Waals surface area contributed by atoms with Crippen molar-refractivity contribution >= 4 is 11.8 Å². The Balaban J connectivity index is 1.70. The van der Waals surface area contributed by atoms with Crippen LogP contribution >= 0.6 is 0 Å². The van der Waals surface area contributed by atoms with E-state index in [0.717, 1.165) is 30.5 Å². The van der Waals surface area contributed by atoms with Crippen molar-refractivity contribution in [3.8, 4) is 0 Å². The topological polar surface area (TPSA) is 71.4 Å². The van der Waals surface area contributed by atoms with Crippen LogP contribution in [0.25, 0.3) is 0 Å². The van der Waals surface area contributed by atoms with Gasteiger partial charge in [0.25, 0.3) is 17.4 Å². The number of hydrogen-bond donors (Lipinski definition) is 1. The number of nitrogens with zero attached hydrogens (tertiary/aromatic N) is 2. The number of carbonyl (C=O) groups excluding carboxylic acids is 2. The number of piperidine rings is 1. The molecule has 0 aliphatic carbocycles. The lowest BCUT2D eigenvalue weighted by molar-refractivity contribution is 0.0598. The minimum absolute atomic E-state index is 0.0257. The van der Waals surface area contributed by atoms with Gasteiger partial charge < -0.3 is 14.8 Å². The molecule has 0 bridgehead atoms. The van der Waals surface area contributed by atoms with E-state index < -0.39 is 0 Å². The van der Waals surface area contributed by atoms with E-state index in [0.29, 0.717) is 25.1 Å². The number of pyridine rings is 1. The number of hydrogen-bond acceptors (Lipinski definition) is 3. The molecule has 0 saturated carbocycles. The number of benzene rings is 1. The van der Waals surface area contributed by atoms with Crippen molar-refractivity contribution < 1.29 is 9.59 Å². The van der Waals surface area contributed by atoms with Gasteiger partial charge in [0.1, 0.15) is 5.56 Å². The highest BCUT2D eigenvalue weighted by molar-refractivity contribution is 5.96. The Morgan fingerprint density at radius 3 is 2.59 bits per heavy atom. The normalized spacial score (nSPS) is 16.5. The lowest BCUT2D eigenvalue weighted by atomic mass is 9.97. The van der Waals surface area contributed by atoms with Gasteiger partial charge in [0.2, 0.25) is 0 Å². The summed E-state index contributed by atoms with van der Waals surface area (Å²) in [5.41, 5.74) is 2.20. The second-order valence-electron chi connectivity index (χ2n) is 7.77. The Labute approximate surface area is 171 Å². The third-order valence-electron chi connectivity index (χ3n) is 5.77. The van der Waals surface area contributed by atoms with E-state index in [1.165, 1.54) is 4.57 Å². The molecular formula is C23H29N3O3. The Hall–Kier alpha value is -2.89. The molecule has 1 aromatic heterocycles. The summed E-state index contributed by atoms with van der Waals surface area (Å²) in [6.07, 6.45) is 3.55. The number of carbonyl (C=O) groups is 2. The zero-order chi connectivity index (χ0) is 21.0. The Kier molecular flexibility index (Phi) is 6.52. The van der Waals surface area contributed by atoms with Crippen LogP contribution in [0.5, 0.6) is 0 Å². The highest BCUT2D eigenvalue weighted by Crippen LogP contribution is 2.22. The smallest absolute Gasteiger partial charge is 0.263 e. The lowest BCUT2D eigenvalue weighted by Gasteiger charge is -2.36. The van der Waals surface area contributed by atoms with Crippen molar-refractivity contribution in [3.05, 3.63) is 69.1 Å². The van der Waals surface area contributed by atoms with E-state index in [4.69, 9.17) is 0 Å². The average molecular weight is 396 g/mol. The molecule has 3 rings (SSSR count). The second kappa shape index (κ2) is 9.07. The summed E-state index contributed by atoms with van der Waals surface area (Å²) in [4.78, 5) is 40.1. The molecular weight excluding hydrogens is 366 g/mol. The molecule has 1 aromatic carbocycles. The largest absolute Gasteiger partial charge is 0.352 e. The minimum Gasteiger partial charge on any atom is -0.352 e. The highest BCUT2D eigenvalue weighted by atomic mass is 16.2. The number of nitrogens with one attached hydrogen (secondary N) is 1. The van der Waals surface area contributed by atoms with E-state index >= 15 is 0 Å². The Morgan fingerprint density at radius 1 is 1.14 bits per heavy atom. The first-order valence-corrected chi connectivity index (χ1v) is 10.2. The van der Waals surface area contributed by atoms with E-state index in [-0.39, 0.29) is 29.0 Å². The molecule has 1 N–H and O–H groups in total. The molecule has 2 heterocycles. The number of aromatic nitrogens is 1. The molecule has 1 aliphatic rings. The third kappa shape index (κ3) is 4.58. The molecule has 29 heavy (non-hydrogen) atoms. The lowest BCUT2D eigenvalue weighted by Crippen LogP contribution is -2.47. The van der Waals surface area contributed by atoms with Gasteiger partial charge >= 0.3 is 0 Å². The molecule has 0 radical (unpaired) electrons. The molecule has 2 aromatic rings. The van der Waals surface area contributed by atoms with Gasteiger partial charge in [0.15, 0.2) is 0 Å². The molecule has 1 atom stereocenters. The van der Waals surface area contributed by atoms with Gasteiger partial charge in [-0.25, -0.2) is 0 Å². The summed E-state index contributed by atoms with van der Waals surface area (Å²) in [6.45, 7) is 4.82. The molecule has 0 unspecified atom stereocenters. The zero-order valence-corrected chi connectivity index (χ0v) is 17.4. The van der Waals surface area contributed by atoms with Gasteiger partial charge in [0.05, 0.1) is 0 Å².